The van der Waals surface area contributed by atoms with Crippen molar-refractivity contribution in [3.8, 4) is 5.69 Å². The van der Waals surface area contributed by atoms with Crippen LogP contribution in [0.1, 0.15) is 10.6 Å². The minimum absolute atomic E-state index is 0.00750. The fraction of sp³-hybridized carbons (Fsp3) is 0. The maximum absolute atomic E-state index is 10.8. The monoisotopic (exact) mass is 266 g/mol. The minimum Gasteiger partial charge on any atom is -0.475 e. The number of imidazole rings is 1. The van der Waals surface area contributed by atoms with Gasteiger partial charge in [0.2, 0.25) is 5.82 Å². The summed E-state index contributed by atoms with van der Waals surface area (Å²) in [5.74, 6) is -1.03. The number of hydrogen-bond donors (Lipinski definition) is 1. The molecule has 0 radical (unpaired) electrons. The molecule has 0 saturated carbocycles. The quantitative estimate of drug-likeness (QED) is 0.908. The van der Waals surface area contributed by atoms with Crippen LogP contribution in [0.4, 0.5) is 0 Å². The van der Waals surface area contributed by atoms with E-state index in [-0.39, 0.29) is 5.82 Å². The normalized spacial score (nSPS) is 10.2. The molecule has 0 amide bonds. The van der Waals surface area contributed by atoms with Gasteiger partial charge in [-0.2, -0.15) is 0 Å². The van der Waals surface area contributed by atoms with Gasteiger partial charge >= 0.3 is 5.97 Å². The van der Waals surface area contributed by atoms with Crippen molar-refractivity contribution >= 4 is 21.9 Å². The average molecular weight is 267 g/mol. The molecular formula is C10H7BrN2O2. The number of hydrogen-bond acceptors (Lipinski definition) is 2. The Morgan fingerprint density at radius 2 is 2.27 bits per heavy atom. The molecule has 0 aliphatic heterocycles. The predicted molar refractivity (Wildman–Crippen MR) is 58.2 cm³/mol. The van der Waals surface area contributed by atoms with E-state index in [0.29, 0.717) is 0 Å². The zero-order chi connectivity index (χ0) is 10.8. The van der Waals surface area contributed by atoms with E-state index in [0.717, 1.165) is 10.2 Å². The van der Waals surface area contributed by atoms with Crippen LogP contribution in [0.2, 0.25) is 0 Å². The van der Waals surface area contributed by atoms with Gasteiger partial charge in [-0.05, 0) is 18.2 Å². The summed E-state index contributed by atoms with van der Waals surface area (Å²) in [7, 11) is 0. The molecule has 0 aliphatic rings. The van der Waals surface area contributed by atoms with E-state index in [1.165, 1.54) is 10.8 Å². The molecule has 1 aromatic carbocycles. The molecule has 5 heteroatoms. The third kappa shape index (κ3) is 1.92. The maximum atomic E-state index is 10.8. The Bertz CT molecular complexity index is 508. The lowest BCUT2D eigenvalue weighted by molar-refractivity contribution is 0.0681. The van der Waals surface area contributed by atoms with Crippen molar-refractivity contribution in [2.24, 2.45) is 0 Å². The SMILES string of the molecule is O=C(O)c1nccn1-c1cccc(Br)c1. The number of benzene rings is 1. The van der Waals surface area contributed by atoms with Gasteiger partial charge in [-0.15, -0.1) is 0 Å². The largest absolute Gasteiger partial charge is 0.475 e. The van der Waals surface area contributed by atoms with E-state index in [9.17, 15) is 4.79 Å². The second-order valence-electron chi connectivity index (χ2n) is 2.91. The minimum atomic E-state index is -1.04. The number of carboxylic acid groups (broad SMARTS) is 1. The summed E-state index contributed by atoms with van der Waals surface area (Å²) in [6.45, 7) is 0. The van der Waals surface area contributed by atoms with Gasteiger partial charge in [0.25, 0.3) is 0 Å². The maximum Gasteiger partial charge on any atom is 0.372 e. The lowest BCUT2D eigenvalue weighted by atomic mass is 10.3. The summed E-state index contributed by atoms with van der Waals surface area (Å²) in [6, 6.07) is 7.36. The lowest BCUT2D eigenvalue weighted by Crippen LogP contribution is -2.07. The van der Waals surface area contributed by atoms with Crippen LogP contribution < -0.4 is 0 Å². The van der Waals surface area contributed by atoms with Gasteiger partial charge in [0.05, 0.1) is 0 Å². The van der Waals surface area contributed by atoms with Crippen LogP contribution >= 0.6 is 15.9 Å². The highest BCUT2D eigenvalue weighted by Crippen LogP contribution is 2.16. The first-order valence-electron chi connectivity index (χ1n) is 4.21. The second kappa shape index (κ2) is 3.86. The molecule has 0 aliphatic carbocycles. The number of aromatic nitrogens is 2. The fourth-order valence-corrected chi connectivity index (χ4v) is 1.68. The molecule has 0 unspecified atom stereocenters. The van der Waals surface area contributed by atoms with Crippen LogP contribution in [0.25, 0.3) is 5.69 Å². The Morgan fingerprint density at radius 3 is 2.93 bits per heavy atom. The highest BCUT2D eigenvalue weighted by molar-refractivity contribution is 9.10. The van der Waals surface area contributed by atoms with Gasteiger partial charge < -0.3 is 5.11 Å². The predicted octanol–water partition coefficient (Wildman–Crippen LogP) is 2.33. The van der Waals surface area contributed by atoms with Crippen molar-refractivity contribution in [3.63, 3.8) is 0 Å². The van der Waals surface area contributed by atoms with Crippen LogP contribution in [-0.4, -0.2) is 20.6 Å². The van der Waals surface area contributed by atoms with Gasteiger partial charge in [-0.1, -0.05) is 22.0 Å². The molecule has 0 atom stereocenters. The fourth-order valence-electron chi connectivity index (χ4n) is 1.30. The Labute approximate surface area is 94.3 Å². The number of halogens is 1. The summed E-state index contributed by atoms with van der Waals surface area (Å²) in [5.41, 5.74) is 0.763. The van der Waals surface area contributed by atoms with Crippen molar-refractivity contribution in [2.45, 2.75) is 0 Å². The van der Waals surface area contributed by atoms with Gasteiger partial charge in [0.1, 0.15) is 0 Å². The summed E-state index contributed by atoms with van der Waals surface area (Å²) < 4.78 is 2.41. The molecule has 0 saturated heterocycles. The zero-order valence-electron chi connectivity index (χ0n) is 7.59. The second-order valence-corrected chi connectivity index (χ2v) is 3.82. The van der Waals surface area contributed by atoms with E-state index in [2.05, 4.69) is 20.9 Å². The molecule has 0 bridgehead atoms. The Morgan fingerprint density at radius 1 is 1.47 bits per heavy atom. The van der Waals surface area contributed by atoms with Gasteiger partial charge in [0, 0.05) is 22.6 Å². The standard InChI is InChI=1S/C10H7BrN2O2/c11-7-2-1-3-8(6-7)13-5-4-12-9(13)10(14)15/h1-6H,(H,14,15). The van der Waals surface area contributed by atoms with E-state index in [1.807, 2.05) is 24.3 Å². The molecule has 1 heterocycles. The van der Waals surface area contributed by atoms with Crippen molar-refractivity contribution in [1.29, 1.82) is 0 Å². The summed E-state index contributed by atoms with van der Waals surface area (Å²) in [5, 5.41) is 8.89. The number of aromatic carboxylic acids is 1. The van der Waals surface area contributed by atoms with Crippen LogP contribution in [-0.2, 0) is 0 Å². The average Bonchev–Trinajstić information content (AvgIpc) is 2.65. The van der Waals surface area contributed by atoms with Crippen molar-refractivity contribution < 1.29 is 9.90 Å². The highest BCUT2D eigenvalue weighted by Gasteiger charge is 2.11. The number of carboxylic acids is 1. The first-order chi connectivity index (χ1) is 7.18. The number of nitrogens with zero attached hydrogens (tertiary/aromatic N) is 2. The Balaban J connectivity index is 2.54. The summed E-state index contributed by atoms with van der Waals surface area (Å²) >= 11 is 3.33. The van der Waals surface area contributed by atoms with Gasteiger partial charge in [-0.25, -0.2) is 9.78 Å². The molecule has 1 N–H and O–H groups in total. The zero-order valence-corrected chi connectivity index (χ0v) is 9.18. The van der Waals surface area contributed by atoms with Gasteiger partial charge in [-0.3, -0.25) is 4.57 Å². The molecule has 2 aromatic rings. The molecule has 15 heavy (non-hydrogen) atoms. The third-order valence-electron chi connectivity index (χ3n) is 1.92. The summed E-state index contributed by atoms with van der Waals surface area (Å²) in [6.07, 6.45) is 3.08. The Kier molecular flexibility index (Phi) is 2.55. The molecule has 0 spiro atoms. The van der Waals surface area contributed by atoms with E-state index in [1.54, 1.807) is 6.20 Å². The molecule has 76 valence electrons. The first kappa shape index (κ1) is 9.92. The smallest absolute Gasteiger partial charge is 0.372 e. The molecule has 4 nitrogen and oxygen atoms in total. The molecule has 2 rings (SSSR count). The van der Waals surface area contributed by atoms with Gasteiger partial charge in [0.15, 0.2) is 0 Å². The van der Waals surface area contributed by atoms with E-state index >= 15 is 0 Å². The summed E-state index contributed by atoms with van der Waals surface area (Å²) in [4.78, 5) is 14.6. The molecular weight excluding hydrogens is 260 g/mol. The molecule has 0 fully saturated rings. The highest BCUT2D eigenvalue weighted by atomic mass is 79.9. The topological polar surface area (TPSA) is 55.1 Å². The van der Waals surface area contributed by atoms with Crippen LogP contribution in [0.3, 0.4) is 0 Å². The van der Waals surface area contributed by atoms with Crippen molar-refractivity contribution in [3.05, 3.63) is 47.0 Å². The first-order valence-corrected chi connectivity index (χ1v) is 5.00. The van der Waals surface area contributed by atoms with Crippen LogP contribution in [0.15, 0.2) is 41.1 Å². The molecule has 1 aromatic heterocycles. The third-order valence-corrected chi connectivity index (χ3v) is 2.41. The van der Waals surface area contributed by atoms with Crippen LogP contribution in [0.5, 0.6) is 0 Å². The van der Waals surface area contributed by atoms with E-state index in [4.69, 9.17) is 5.11 Å². The van der Waals surface area contributed by atoms with Crippen molar-refractivity contribution in [1.82, 2.24) is 9.55 Å². The Hall–Kier alpha value is -1.62. The van der Waals surface area contributed by atoms with Crippen molar-refractivity contribution in [2.75, 3.05) is 0 Å². The van der Waals surface area contributed by atoms with E-state index < -0.39 is 5.97 Å². The lowest BCUT2D eigenvalue weighted by Gasteiger charge is -2.04. The number of rotatable bonds is 2. The number of carbonyl (C=O) groups is 1. The van der Waals surface area contributed by atoms with Crippen LogP contribution in [0, 0.1) is 0 Å².